The summed E-state index contributed by atoms with van der Waals surface area (Å²) < 4.78 is 32.0. The second-order valence-electron chi connectivity index (χ2n) is 5.37. The van der Waals surface area contributed by atoms with E-state index in [2.05, 4.69) is 0 Å². The van der Waals surface area contributed by atoms with E-state index >= 15 is 0 Å². The zero-order valence-corrected chi connectivity index (χ0v) is 13.5. The lowest BCUT2D eigenvalue weighted by atomic mass is 10.0. The van der Waals surface area contributed by atoms with Crippen LogP contribution >= 0.6 is 0 Å². The highest BCUT2D eigenvalue weighted by Crippen LogP contribution is 2.33. The topological polar surface area (TPSA) is 63.7 Å². The minimum absolute atomic E-state index is 0.0648. The number of rotatable bonds is 4. The summed E-state index contributed by atoms with van der Waals surface area (Å²) >= 11 is 0. The van der Waals surface area contributed by atoms with E-state index in [9.17, 15) is 13.2 Å². The molecule has 3 rings (SSSR count). The predicted molar refractivity (Wildman–Crippen MR) is 88.4 cm³/mol. The summed E-state index contributed by atoms with van der Waals surface area (Å²) in [5, 5.41) is 0. The SMILES string of the molecule is COc1ccc2c(c1)C(=O)CCN2S(=O)(=O)Cc1ccccc1. The first kappa shape index (κ1) is 15.6. The van der Waals surface area contributed by atoms with Crippen LogP contribution < -0.4 is 9.04 Å². The molecule has 1 heterocycles. The number of carbonyl (C=O) groups is 1. The van der Waals surface area contributed by atoms with E-state index < -0.39 is 10.0 Å². The van der Waals surface area contributed by atoms with Gasteiger partial charge in [-0.3, -0.25) is 9.10 Å². The van der Waals surface area contributed by atoms with Gasteiger partial charge in [-0.1, -0.05) is 30.3 Å². The summed E-state index contributed by atoms with van der Waals surface area (Å²) in [5.41, 5.74) is 1.55. The molecule has 0 aromatic heterocycles. The van der Waals surface area contributed by atoms with Crippen molar-refractivity contribution in [3.05, 3.63) is 59.7 Å². The first-order valence-electron chi connectivity index (χ1n) is 7.27. The third-order valence-electron chi connectivity index (χ3n) is 3.84. The number of ether oxygens (including phenoxy) is 1. The molecule has 0 unspecified atom stereocenters. The van der Waals surface area contributed by atoms with Gasteiger partial charge in [-0.25, -0.2) is 8.42 Å². The van der Waals surface area contributed by atoms with E-state index in [0.29, 0.717) is 17.0 Å². The Kier molecular flexibility index (Phi) is 4.09. The number of hydrogen-bond donors (Lipinski definition) is 0. The Hall–Kier alpha value is -2.34. The summed E-state index contributed by atoms with van der Waals surface area (Å²) in [6.07, 6.45) is 0.175. The average molecular weight is 331 g/mol. The van der Waals surface area contributed by atoms with Gasteiger partial charge >= 0.3 is 0 Å². The monoisotopic (exact) mass is 331 g/mol. The van der Waals surface area contributed by atoms with Crippen molar-refractivity contribution in [3.8, 4) is 5.75 Å². The fourth-order valence-electron chi connectivity index (χ4n) is 2.69. The van der Waals surface area contributed by atoms with E-state index in [1.165, 1.54) is 11.4 Å². The quantitative estimate of drug-likeness (QED) is 0.864. The van der Waals surface area contributed by atoms with Crippen molar-refractivity contribution >= 4 is 21.5 Å². The number of ketones is 1. The molecule has 0 bridgehead atoms. The first-order valence-corrected chi connectivity index (χ1v) is 8.88. The lowest BCUT2D eigenvalue weighted by Gasteiger charge is -2.30. The first-order chi connectivity index (χ1) is 11.0. The molecule has 120 valence electrons. The van der Waals surface area contributed by atoms with Gasteiger partial charge in [-0.2, -0.15) is 0 Å². The summed E-state index contributed by atoms with van der Waals surface area (Å²) in [7, 11) is -2.04. The predicted octanol–water partition coefficient (Wildman–Crippen LogP) is 2.62. The van der Waals surface area contributed by atoms with Crippen LogP contribution in [0, 0.1) is 0 Å². The highest BCUT2D eigenvalue weighted by molar-refractivity contribution is 7.92. The summed E-state index contributed by atoms with van der Waals surface area (Å²) in [6.45, 7) is 0.174. The van der Waals surface area contributed by atoms with E-state index in [1.54, 1.807) is 30.3 Å². The van der Waals surface area contributed by atoms with Crippen molar-refractivity contribution in [2.75, 3.05) is 18.0 Å². The van der Waals surface area contributed by atoms with Crippen molar-refractivity contribution in [2.24, 2.45) is 0 Å². The summed E-state index contributed by atoms with van der Waals surface area (Å²) in [6, 6.07) is 13.9. The van der Waals surface area contributed by atoms with Crippen LogP contribution in [0.2, 0.25) is 0 Å². The lowest BCUT2D eigenvalue weighted by Crippen LogP contribution is -2.38. The molecule has 23 heavy (non-hydrogen) atoms. The maximum atomic E-state index is 12.8. The molecule has 0 spiro atoms. The van der Waals surface area contributed by atoms with Crippen LogP contribution in [0.4, 0.5) is 5.69 Å². The van der Waals surface area contributed by atoms with Crippen LogP contribution in [0.25, 0.3) is 0 Å². The van der Waals surface area contributed by atoms with Crippen LogP contribution in [-0.2, 0) is 15.8 Å². The fourth-order valence-corrected chi connectivity index (χ4v) is 4.29. The number of anilines is 1. The second-order valence-corrected chi connectivity index (χ2v) is 7.26. The Morgan fingerprint density at radius 2 is 1.87 bits per heavy atom. The molecule has 1 aliphatic heterocycles. The molecule has 0 radical (unpaired) electrons. The van der Waals surface area contributed by atoms with Crippen LogP contribution in [0.1, 0.15) is 22.3 Å². The molecule has 0 atom stereocenters. The molecule has 0 saturated heterocycles. The number of benzene rings is 2. The molecule has 0 fully saturated rings. The van der Waals surface area contributed by atoms with Gasteiger partial charge in [-0.05, 0) is 23.8 Å². The van der Waals surface area contributed by atoms with Crippen LogP contribution in [0.15, 0.2) is 48.5 Å². The van der Waals surface area contributed by atoms with Crippen molar-refractivity contribution in [2.45, 2.75) is 12.2 Å². The van der Waals surface area contributed by atoms with Crippen LogP contribution in [0.5, 0.6) is 5.75 Å². The average Bonchev–Trinajstić information content (AvgIpc) is 2.55. The molecule has 2 aromatic rings. The van der Waals surface area contributed by atoms with Gasteiger partial charge in [0, 0.05) is 18.5 Å². The third-order valence-corrected chi connectivity index (χ3v) is 5.59. The molecule has 5 nitrogen and oxygen atoms in total. The van der Waals surface area contributed by atoms with Crippen molar-refractivity contribution < 1.29 is 17.9 Å². The maximum Gasteiger partial charge on any atom is 0.239 e. The zero-order chi connectivity index (χ0) is 16.4. The number of fused-ring (bicyclic) bond motifs is 1. The maximum absolute atomic E-state index is 12.8. The molecule has 0 aliphatic carbocycles. The van der Waals surface area contributed by atoms with Crippen LogP contribution in [-0.4, -0.2) is 27.9 Å². The normalized spacial score (nSPS) is 14.5. The molecular weight excluding hydrogens is 314 g/mol. The van der Waals surface area contributed by atoms with E-state index in [1.807, 2.05) is 18.2 Å². The summed E-state index contributed by atoms with van der Waals surface area (Å²) in [5.74, 6) is 0.387. The van der Waals surface area contributed by atoms with Gasteiger partial charge in [0.25, 0.3) is 0 Å². The van der Waals surface area contributed by atoms with Crippen molar-refractivity contribution in [3.63, 3.8) is 0 Å². The van der Waals surface area contributed by atoms with E-state index in [0.717, 1.165) is 5.56 Å². The van der Waals surface area contributed by atoms with Crippen molar-refractivity contribution in [1.29, 1.82) is 0 Å². The molecule has 1 aliphatic rings. The van der Waals surface area contributed by atoms with Gasteiger partial charge in [0.15, 0.2) is 5.78 Å². The molecule has 6 heteroatoms. The number of hydrogen-bond acceptors (Lipinski definition) is 4. The number of carbonyl (C=O) groups excluding carboxylic acids is 1. The third kappa shape index (κ3) is 3.07. The fraction of sp³-hybridized carbons (Fsp3) is 0.235. The largest absolute Gasteiger partial charge is 0.497 e. The minimum atomic E-state index is -3.55. The number of nitrogens with zero attached hydrogens (tertiary/aromatic N) is 1. The van der Waals surface area contributed by atoms with Gasteiger partial charge < -0.3 is 4.74 Å². The molecule has 0 saturated carbocycles. The zero-order valence-electron chi connectivity index (χ0n) is 12.7. The Morgan fingerprint density at radius 1 is 1.13 bits per heavy atom. The Balaban J connectivity index is 1.98. The number of sulfonamides is 1. The second kappa shape index (κ2) is 6.04. The van der Waals surface area contributed by atoms with Crippen molar-refractivity contribution in [1.82, 2.24) is 0 Å². The van der Waals surface area contributed by atoms with E-state index in [-0.39, 0.29) is 24.5 Å². The Labute approximate surface area is 135 Å². The highest BCUT2D eigenvalue weighted by Gasteiger charge is 2.31. The lowest BCUT2D eigenvalue weighted by molar-refractivity contribution is 0.0981. The minimum Gasteiger partial charge on any atom is -0.497 e. The molecular formula is C17H17NO4S. The Bertz CT molecular complexity index is 831. The van der Waals surface area contributed by atoms with Gasteiger partial charge in [0.1, 0.15) is 5.75 Å². The summed E-state index contributed by atoms with van der Waals surface area (Å²) in [4.78, 5) is 12.1. The standard InChI is InChI=1S/C17H17NO4S/c1-22-14-7-8-16-15(11-14)17(19)9-10-18(16)23(20,21)12-13-5-3-2-4-6-13/h2-8,11H,9-10,12H2,1H3. The number of Topliss-reactive ketones (excluding diaryl/α,β-unsaturated/α-hetero) is 1. The highest BCUT2D eigenvalue weighted by atomic mass is 32.2. The van der Waals surface area contributed by atoms with E-state index in [4.69, 9.17) is 4.74 Å². The Morgan fingerprint density at radius 3 is 2.57 bits per heavy atom. The smallest absolute Gasteiger partial charge is 0.239 e. The van der Waals surface area contributed by atoms with Gasteiger partial charge in [-0.15, -0.1) is 0 Å². The van der Waals surface area contributed by atoms with Gasteiger partial charge in [0.05, 0.1) is 18.6 Å². The van der Waals surface area contributed by atoms with Crippen LogP contribution in [0.3, 0.4) is 0 Å². The molecule has 0 N–H and O–H groups in total. The molecule has 2 aromatic carbocycles. The van der Waals surface area contributed by atoms with Gasteiger partial charge in [0.2, 0.25) is 10.0 Å². The number of methoxy groups -OCH3 is 1. The molecule has 0 amide bonds.